The van der Waals surface area contributed by atoms with Crippen molar-refractivity contribution < 1.29 is 13.2 Å². The number of piperazine rings is 1. The van der Waals surface area contributed by atoms with Crippen molar-refractivity contribution in [3.05, 3.63) is 59.2 Å². The highest BCUT2D eigenvalue weighted by atomic mass is 32.2. The van der Waals surface area contributed by atoms with E-state index in [1.54, 1.807) is 25.1 Å². The van der Waals surface area contributed by atoms with Crippen molar-refractivity contribution in [3.8, 4) is 0 Å². The summed E-state index contributed by atoms with van der Waals surface area (Å²) in [7, 11) is -1.27. The number of carbonyl (C=O) groups excluding carboxylic acids is 1. The molecule has 0 unspecified atom stereocenters. The van der Waals surface area contributed by atoms with E-state index < -0.39 is 10.0 Å². The first-order chi connectivity index (χ1) is 13.7. The summed E-state index contributed by atoms with van der Waals surface area (Å²) in [5, 5.41) is 2.91. The van der Waals surface area contributed by atoms with Gasteiger partial charge in [-0.25, -0.2) is 8.42 Å². The highest BCUT2D eigenvalue weighted by Crippen LogP contribution is 2.20. The summed E-state index contributed by atoms with van der Waals surface area (Å²) >= 11 is 0. The Morgan fingerprint density at radius 1 is 1.03 bits per heavy atom. The standard InChI is InChI=1S/C21H28N4O3S/c1-16-19(5-4-6-20(16)23-29(3,27)28)21(26)22-15-17-7-9-18(10-8-17)25-13-11-24(2)12-14-25/h4-10,23H,11-15H2,1-3H3,(H,22,26). The molecule has 1 amide bonds. The lowest BCUT2D eigenvalue weighted by Crippen LogP contribution is -2.44. The molecule has 3 rings (SSSR count). The Morgan fingerprint density at radius 3 is 2.31 bits per heavy atom. The van der Waals surface area contributed by atoms with Gasteiger partial charge in [0.2, 0.25) is 10.0 Å². The minimum absolute atomic E-state index is 0.234. The number of sulfonamides is 1. The summed E-state index contributed by atoms with van der Waals surface area (Å²) in [6.07, 6.45) is 1.09. The Morgan fingerprint density at radius 2 is 1.69 bits per heavy atom. The monoisotopic (exact) mass is 416 g/mol. The van der Waals surface area contributed by atoms with Crippen molar-refractivity contribution in [2.24, 2.45) is 0 Å². The average molecular weight is 417 g/mol. The molecule has 1 aliphatic heterocycles. The second-order valence-electron chi connectivity index (χ2n) is 7.49. The molecule has 0 radical (unpaired) electrons. The predicted molar refractivity (Wildman–Crippen MR) is 117 cm³/mol. The second kappa shape index (κ2) is 8.84. The van der Waals surface area contributed by atoms with Crippen molar-refractivity contribution in [1.82, 2.24) is 10.2 Å². The lowest BCUT2D eigenvalue weighted by atomic mass is 10.1. The van der Waals surface area contributed by atoms with Crippen molar-refractivity contribution in [2.75, 3.05) is 49.1 Å². The maximum atomic E-state index is 12.6. The van der Waals surface area contributed by atoms with Gasteiger partial charge in [-0.2, -0.15) is 0 Å². The lowest BCUT2D eigenvalue weighted by molar-refractivity contribution is 0.0950. The number of carbonyl (C=O) groups is 1. The van der Waals surface area contributed by atoms with Gasteiger partial charge in [-0.3, -0.25) is 9.52 Å². The highest BCUT2D eigenvalue weighted by molar-refractivity contribution is 7.92. The molecule has 1 fully saturated rings. The smallest absolute Gasteiger partial charge is 0.251 e. The summed E-state index contributed by atoms with van der Waals surface area (Å²) in [5.41, 5.74) is 3.67. The third-order valence-corrected chi connectivity index (χ3v) is 5.72. The Labute approximate surface area is 172 Å². The number of hydrogen-bond donors (Lipinski definition) is 2. The number of hydrogen-bond acceptors (Lipinski definition) is 5. The molecular formula is C21H28N4O3S. The summed E-state index contributed by atoms with van der Waals surface area (Å²) < 4.78 is 25.4. The Balaban J connectivity index is 1.61. The van der Waals surface area contributed by atoms with E-state index in [1.165, 1.54) is 5.69 Å². The fourth-order valence-corrected chi connectivity index (χ4v) is 3.98. The number of anilines is 2. The zero-order valence-electron chi connectivity index (χ0n) is 17.1. The molecule has 1 saturated heterocycles. The van der Waals surface area contributed by atoms with Crippen LogP contribution in [0.15, 0.2) is 42.5 Å². The Kier molecular flexibility index (Phi) is 6.44. The predicted octanol–water partition coefficient (Wildman–Crippen LogP) is 2.05. The fourth-order valence-electron chi connectivity index (χ4n) is 3.36. The molecule has 1 aliphatic rings. The van der Waals surface area contributed by atoms with Crippen molar-refractivity contribution in [2.45, 2.75) is 13.5 Å². The van der Waals surface area contributed by atoms with E-state index in [4.69, 9.17) is 0 Å². The zero-order valence-corrected chi connectivity index (χ0v) is 17.9. The van der Waals surface area contributed by atoms with Crippen LogP contribution >= 0.6 is 0 Å². The highest BCUT2D eigenvalue weighted by Gasteiger charge is 2.15. The zero-order chi connectivity index (χ0) is 21.0. The van der Waals surface area contributed by atoms with E-state index in [0.717, 1.165) is 38.0 Å². The van der Waals surface area contributed by atoms with E-state index in [0.29, 0.717) is 23.4 Å². The van der Waals surface area contributed by atoms with E-state index in [1.807, 2.05) is 12.1 Å². The second-order valence-corrected chi connectivity index (χ2v) is 9.24. The van der Waals surface area contributed by atoms with E-state index in [-0.39, 0.29) is 5.91 Å². The average Bonchev–Trinajstić information content (AvgIpc) is 2.68. The van der Waals surface area contributed by atoms with E-state index in [2.05, 4.69) is 39.0 Å². The topological polar surface area (TPSA) is 81.7 Å². The van der Waals surface area contributed by atoms with Gasteiger partial charge >= 0.3 is 0 Å². The SMILES string of the molecule is Cc1c(NS(C)(=O)=O)cccc1C(=O)NCc1ccc(N2CCN(C)CC2)cc1. The van der Waals surface area contributed by atoms with Gasteiger partial charge < -0.3 is 15.1 Å². The van der Waals surface area contributed by atoms with Crippen LogP contribution in [-0.4, -0.2) is 58.7 Å². The number of nitrogens with one attached hydrogen (secondary N) is 2. The maximum absolute atomic E-state index is 12.6. The van der Waals surface area contributed by atoms with Gasteiger partial charge in [0.05, 0.1) is 11.9 Å². The molecule has 29 heavy (non-hydrogen) atoms. The van der Waals surface area contributed by atoms with Crippen LogP contribution in [0.1, 0.15) is 21.5 Å². The summed E-state index contributed by atoms with van der Waals surface area (Å²) in [5.74, 6) is -0.234. The molecule has 2 aromatic carbocycles. The Bertz CT molecular complexity index is 966. The number of amides is 1. The molecule has 0 aliphatic carbocycles. The quantitative estimate of drug-likeness (QED) is 0.753. The molecule has 8 heteroatoms. The summed E-state index contributed by atoms with van der Waals surface area (Å²) in [6.45, 7) is 6.29. The first-order valence-electron chi connectivity index (χ1n) is 9.61. The van der Waals surface area contributed by atoms with E-state index >= 15 is 0 Å². The molecule has 0 atom stereocenters. The van der Waals surface area contributed by atoms with Crippen molar-refractivity contribution in [1.29, 1.82) is 0 Å². The molecule has 156 valence electrons. The number of nitrogens with zero attached hydrogens (tertiary/aromatic N) is 2. The molecule has 0 bridgehead atoms. The van der Waals surface area contributed by atoms with Crippen LogP contribution in [0, 0.1) is 6.92 Å². The van der Waals surface area contributed by atoms with Crippen LogP contribution in [0.5, 0.6) is 0 Å². The van der Waals surface area contributed by atoms with Crippen LogP contribution in [0.4, 0.5) is 11.4 Å². The Hall–Kier alpha value is -2.58. The molecule has 0 spiro atoms. The third-order valence-electron chi connectivity index (χ3n) is 5.13. The fraction of sp³-hybridized carbons (Fsp3) is 0.381. The van der Waals surface area contributed by atoms with Gasteiger partial charge in [0, 0.05) is 44.0 Å². The molecule has 0 aromatic heterocycles. The van der Waals surface area contributed by atoms with Gasteiger partial charge in [-0.1, -0.05) is 18.2 Å². The minimum Gasteiger partial charge on any atom is -0.369 e. The molecule has 2 aromatic rings. The maximum Gasteiger partial charge on any atom is 0.251 e. The molecule has 0 saturated carbocycles. The van der Waals surface area contributed by atoms with Crippen LogP contribution in [-0.2, 0) is 16.6 Å². The summed E-state index contributed by atoms with van der Waals surface area (Å²) in [6, 6.07) is 13.2. The van der Waals surface area contributed by atoms with Gasteiger partial charge in [-0.05, 0) is 49.4 Å². The van der Waals surface area contributed by atoms with Crippen LogP contribution in [0.25, 0.3) is 0 Å². The van der Waals surface area contributed by atoms with Crippen LogP contribution in [0.3, 0.4) is 0 Å². The minimum atomic E-state index is -3.40. The van der Waals surface area contributed by atoms with Crippen LogP contribution < -0.4 is 14.9 Å². The molecule has 7 nitrogen and oxygen atoms in total. The lowest BCUT2D eigenvalue weighted by Gasteiger charge is -2.34. The first-order valence-corrected chi connectivity index (χ1v) is 11.5. The number of rotatable bonds is 6. The third kappa shape index (κ3) is 5.71. The molecule has 2 N–H and O–H groups in total. The number of likely N-dealkylation sites (N-methyl/N-ethyl adjacent to an activating group) is 1. The van der Waals surface area contributed by atoms with Crippen LogP contribution in [0.2, 0.25) is 0 Å². The van der Waals surface area contributed by atoms with Crippen molar-refractivity contribution in [3.63, 3.8) is 0 Å². The van der Waals surface area contributed by atoms with Crippen molar-refractivity contribution >= 4 is 27.3 Å². The van der Waals surface area contributed by atoms with Gasteiger partial charge in [0.15, 0.2) is 0 Å². The van der Waals surface area contributed by atoms with Gasteiger partial charge in [0.1, 0.15) is 0 Å². The molecular weight excluding hydrogens is 388 g/mol. The van der Waals surface area contributed by atoms with E-state index in [9.17, 15) is 13.2 Å². The van der Waals surface area contributed by atoms with Gasteiger partial charge in [0.25, 0.3) is 5.91 Å². The first kappa shape index (κ1) is 21.1. The number of benzene rings is 2. The van der Waals surface area contributed by atoms with Gasteiger partial charge in [-0.15, -0.1) is 0 Å². The molecule has 1 heterocycles. The largest absolute Gasteiger partial charge is 0.369 e. The summed E-state index contributed by atoms with van der Waals surface area (Å²) in [4.78, 5) is 17.3. The normalized spacial score (nSPS) is 15.2.